The van der Waals surface area contributed by atoms with Crippen LogP contribution in [-0.2, 0) is 109 Å². The van der Waals surface area contributed by atoms with Crippen LogP contribution in [0.5, 0.6) is 0 Å². The molecule has 9 rings (SSSR count). The average Bonchev–Trinajstić information content (AvgIpc) is 0.761. The molecule has 54 heteroatoms. The fourth-order valence-corrected chi connectivity index (χ4v) is 15.4. The summed E-state index contributed by atoms with van der Waals surface area (Å²) in [6.45, 7) is -5.64. The number of aliphatic hydroxyl groups is 25. The van der Waals surface area contributed by atoms with Crippen molar-refractivity contribution in [2.45, 2.75) is 323 Å². The zero-order valence-corrected chi connectivity index (χ0v) is 65.1. The van der Waals surface area contributed by atoms with Crippen LogP contribution in [0.1, 0.15) is 41.0 Å². The molecule has 0 saturated carbocycles. The maximum absolute atomic E-state index is 13.2. The van der Waals surface area contributed by atoms with Crippen molar-refractivity contribution < 1.29 is 242 Å². The van der Waals surface area contributed by atoms with Gasteiger partial charge in [0, 0.05) is 41.0 Å². The zero-order valence-electron chi connectivity index (χ0n) is 65.1. The molecule has 9 aliphatic rings. The molecule has 698 valence electrons. The van der Waals surface area contributed by atoms with Crippen molar-refractivity contribution in [2.75, 3.05) is 59.5 Å². The van der Waals surface area contributed by atoms with Gasteiger partial charge in [0.05, 0.1) is 71.6 Å². The SMILES string of the molecule is CC(=O)N[C@@H]1[C@@H](O)[C@H](O[C@@H]2O[C@H](CO)[C@@H](O[C@@H]3O[C@H](CO[C@H]4O[C@H](CO)[C@@H](O)[C@H](O)[C@@H]4O[C@@H]4O[C@H](CO)[C@@H](O)[C@H](O)[C@H]4NC(C)=O)[C@@H](O)[C@H](O[C@H]4O[C@H](CO)[C@@H](O)[C@H](O)[C@@H]4O[C@@H]4O[C@H](CO)[C@@H](O[C@@H]5O[C@H](CO[C@]6(C(=O)O)C[C@H](O)[C@@H](NC(C)=O)[C@H]([C@H](O)[C@H](O)CO)O6)[C@H](O)[C@H](O)[C@H]5O)[C@H](O)[C@H]4NC(C)=O)[C@@H]3O)[C@H](O)[C@H]2NC(C)=O)[C@@H](CO)O[C@H]1O. The molecule has 0 aromatic carbocycles. The first-order chi connectivity index (χ1) is 57.0. The van der Waals surface area contributed by atoms with E-state index < -0.39 is 383 Å². The van der Waals surface area contributed by atoms with Crippen LogP contribution in [0, 0.1) is 0 Å². The maximum atomic E-state index is 13.2. The first kappa shape index (κ1) is 99.9. The fraction of sp³-hybridized carbons (Fsp3) is 0.910. The molecule has 5 amide bonds. The molecule has 0 bridgehead atoms. The highest BCUT2D eigenvalue weighted by atomic mass is 16.8. The van der Waals surface area contributed by atoms with Crippen LogP contribution in [0.4, 0.5) is 0 Å². The monoisotopic (exact) mass is 1770 g/mol. The molecular weight excluding hydrogens is 1660 g/mol. The van der Waals surface area contributed by atoms with Gasteiger partial charge in [-0.25, -0.2) is 4.79 Å². The second-order valence-corrected chi connectivity index (χ2v) is 30.4. The molecule has 0 unspecified atom stereocenters. The van der Waals surface area contributed by atoms with Gasteiger partial charge in [0.25, 0.3) is 5.79 Å². The number of amides is 5. The van der Waals surface area contributed by atoms with Crippen LogP contribution >= 0.6 is 0 Å². The molecule has 9 fully saturated rings. The average molecular weight is 1770 g/mol. The molecule has 31 N–H and O–H groups in total. The minimum Gasteiger partial charge on any atom is -0.477 e. The molecule has 46 atom stereocenters. The van der Waals surface area contributed by atoms with Crippen molar-refractivity contribution >= 4 is 35.5 Å². The van der Waals surface area contributed by atoms with E-state index in [9.17, 15) is 162 Å². The van der Waals surface area contributed by atoms with Gasteiger partial charge in [-0.3, -0.25) is 24.0 Å². The summed E-state index contributed by atoms with van der Waals surface area (Å²) in [6.07, 6.45) is -87.4. The predicted octanol–water partition coefficient (Wildman–Crippen LogP) is -20.7. The van der Waals surface area contributed by atoms with E-state index in [1.54, 1.807) is 0 Å². The molecule has 0 aromatic heterocycles. The number of carbonyl (C=O) groups is 6. The van der Waals surface area contributed by atoms with Crippen LogP contribution < -0.4 is 26.6 Å². The van der Waals surface area contributed by atoms with Gasteiger partial charge in [-0.15, -0.1) is 0 Å². The Hall–Kier alpha value is -4.86. The van der Waals surface area contributed by atoms with Gasteiger partial charge in [-0.2, -0.15) is 0 Å². The van der Waals surface area contributed by atoms with Crippen LogP contribution in [-0.4, -0.2) is 509 Å². The smallest absolute Gasteiger partial charge is 0.364 e. The van der Waals surface area contributed by atoms with Gasteiger partial charge < -0.3 is 240 Å². The number of hydrogen-bond acceptors (Lipinski definition) is 48. The lowest BCUT2D eigenvalue weighted by Crippen LogP contribution is -2.71. The Morgan fingerprint density at radius 2 is 0.678 bits per heavy atom. The van der Waals surface area contributed by atoms with Gasteiger partial charge in [-0.05, 0) is 0 Å². The Morgan fingerprint density at radius 3 is 1.12 bits per heavy atom. The molecule has 9 saturated heterocycles. The molecule has 0 aliphatic carbocycles. The topological polar surface area (TPSA) is 845 Å². The Balaban J connectivity index is 1.03. The maximum Gasteiger partial charge on any atom is 0.364 e. The summed E-state index contributed by atoms with van der Waals surface area (Å²) in [5.74, 6) is -9.64. The van der Waals surface area contributed by atoms with Crippen LogP contribution in [0.15, 0.2) is 0 Å². The largest absolute Gasteiger partial charge is 0.477 e. The lowest BCUT2D eigenvalue weighted by Gasteiger charge is -2.51. The quantitative estimate of drug-likeness (QED) is 0.0290. The van der Waals surface area contributed by atoms with Gasteiger partial charge in [0.2, 0.25) is 29.5 Å². The van der Waals surface area contributed by atoms with Crippen LogP contribution in [0.2, 0.25) is 0 Å². The predicted molar refractivity (Wildman–Crippen MR) is 372 cm³/mol. The van der Waals surface area contributed by atoms with E-state index >= 15 is 0 Å². The van der Waals surface area contributed by atoms with Gasteiger partial charge >= 0.3 is 5.97 Å². The van der Waals surface area contributed by atoms with Crippen molar-refractivity contribution in [1.29, 1.82) is 0 Å². The van der Waals surface area contributed by atoms with Crippen molar-refractivity contribution in [1.82, 2.24) is 26.6 Å². The van der Waals surface area contributed by atoms with E-state index in [4.69, 9.17) is 80.5 Å². The lowest BCUT2D eigenvalue weighted by atomic mass is 9.88. The standard InChI is InChI=1S/C67H111N5O49/c1-16(80)68-31-21(85)6-67(66(103)104,121-54(31)36(87)22(86)7-73)106-15-30-40(91)46(97)49(100)62(114-30)116-52-27(12-78)112-61(35(45(52)96)72-20(5)84)120-57-48(99)39(90)25(10-76)110-65(57)118-55-41(92)29(14-105-64-56(47(98)38(89)24(9-75)109-64)119-59-33(70-18(3)82)42(93)37(88)23(8-74)108-59)113-63(50(55)101)117-53-28(13-79)111-60(34(44(53)95)71-19(4)83)115-51-26(11-77)107-58(102)32(43(51)94)69-17(2)81/h21-65,73-79,85-102H,6-15H2,1-5H3,(H,68,80)(H,69,81)(H,70,82)(H,71,83)(H,72,84)(H,103,104)/t21-,22+,23+,24+,25+,26+,27+,28+,29+,30+,31+,32+,33+,34+,35+,36+,37+,38+,39+,40-,41+,42+,43+,44+,45+,46-,47-,48-,49+,50-,51+,52+,53+,54+,55-,56-,57-,58+,59-,60-,61-,62-,63-,64-,65+,67+/m0/s1. The van der Waals surface area contributed by atoms with E-state index in [0.29, 0.717) is 0 Å². The molecule has 9 aliphatic heterocycles. The molecule has 0 radical (unpaired) electrons. The van der Waals surface area contributed by atoms with Gasteiger partial charge in [0.15, 0.2) is 50.3 Å². The Kier molecular flexibility index (Phi) is 35.7. The van der Waals surface area contributed by atoms with Crippen LogP contribution in [0.3, 0.4) is 0 Å². The fourth-order valence-electron chi connectivity index (χ4n) is 15.4. The number of nitrogens with one attached hydrogen (secondary N) is 5. The minimum atomic E-state index is -3.09. The normalized spacial score (nSPS) is 46.6. The summed E-state index contributed by atoms with van der Waals surface area (Å²) >= 11 is 0. The Labute approximate surface area is 684 Å². The summed E-state index contributed by atoms with van der Waals surface area (Å²) in [7, 11) is 0. The third-order valence-electron chi connectivity index (χ3n) is 21.7. The summed E-state index contributed by atoms with van der Waals surface area (Å²) in [4.78, 5) is 75.9. The van der Waals surface area contributed by atoms with Gasteiger partial charge in [-0.1, -0.05) is 0 Å². The molecular formula is C67H111N5O49. The van der Waals surface area contributed by atoms with Crippen molar-refractivity contribution in [3.63, 3.8) is 0 Å². The third-order valence-corrected chi connectivity index (χ3v) is 21.7. The number of carboxylic acids is 1. The van der Waals surface area contributed by atoms with Crippen molar-refractivity contribution in [3.05, 3.63) is 0 Å². The summed E-state index contributed by atoms with van der Waals surface area (Å²) in [6, 6.07) is -9.13. The molecule has 0 aromatic rings. The third kappa shape index (κ3) is 22.5. The molecule has 54 nitrogen and oxygen atoms in total. The lowest BCUT2D eigenvalue weighted by molar-refractivity contribution is -0.399. The summed E-state index contributed by atoms with van der Waals surface area (Å²) < 4.78 is 101. The highest BCUT2D eigenvalue weighted by Crippen LogP contribution is 2.41. The molecule has 121 heavy (non-hydrogen) atoms. The zero-order chi connectivity index (χ0) is 89.6. The first-order valence-electron chi connectivity index (χ1n) is 38.2. The van der Waals surface area contributed by atoms with Crippen molar-refractivity contribution in [3.8, 4) is 0 Å². The van der Waals surface area contributed by atoms with E-state index in [1.165, 1.54) is 0 Å². The van der Waals surface area contributed by atoms with E-state index in [2.05, 4.69) is 26.6 Å². The van der Waals surface area contributed by atoms with Crippen LogP contribution in [0.25, 0.3) is 0 Å². The Morgan fingerprint density at radius 1 is 0.339 bits per heavy atom. The highest BCUT2D eigenvalue weighted by Gasteiger charge is 2.62. The second kappa shape index (κ2) is 43.3. The number of carboxylic acid groups (broad SMARTS) is 1. The number of rotatable bonds is 33. The Bertz CT molecular complexity index is 3340. The number of aliphatic hydroxyl groups excluding tert-OH is 25. The molecule has 0 spiro atoms. The first-order valence-corrected chi connectivity index (χ1v) is 38.2. The molecule has 9 heterocycles. The summed E-state index contributed by atoms with van der Waals surface area (Å²) in [5.41, 5.74) is 0. The number of hydrogen-bond donors (Lipinski definition) is 31. The van der Waals surface area contributed by atoms with E-state index in [0.717, 1.165) is 34.6 Å². The van der Waals surface area contributed by atoms with E-state index in [1.807, 2.05) is 0 Å². The van der Waals surface area contributed by atoms with Gasteiger partial charge in [0.1, 0.15) is 213 Å². The second-order valence-electron chi connectivity index (χ2n) is 30.4. The van der Waals surface area contributed by atoms with E-state index in [-0.39, 0.29) is 0 Å². The highest BCUT2D eigenvalue weighted by molar-refractivity contribution is 5.77. The number of carbonyl (C=O) groups excluding carboxylic acids is 5. The number of ether oxygens (including phenoxy) is 17. The number of aliphatic carboxylic acids is 1. The summed E-state index contributed by atoms with van der Waals surface area (Å²) in [5, 5.41) is 302. The van der Waals surface area contributed by atoms with Crippen molar-refractivity contribution in [2.24, 2.45) is 0 Å². The minimum absolute atomic E-state index is 0.798.